The molecule has 0 spiro atoms. The van der Waals surface area contributed by atoms with Crippen LogP contribution in [0.1, 0.15) is 12.8 Å². The van der Waals surface area contributed by atoms with Gasteiger partial charge in [0, 0.05) is 0 Å². The summed E-state index contributed by atoms with van der Waals surface area (Å²) in [5.74, 6) is -7.09. The zero-order chi connectivity index (χ0) is 19.4. The van der Waals surface area contributed by atoms with Crippen molar-refractivity contribution in [1.82, 2.24) is 0 Å². The molecule has 0 aliphatic carbocycles. The molecular weight excluding hydrogens is 387 g/mol. The smallest absolute Gasteiger partial charge is 0.432 e. The molecule has 0 aromatic rings. The predicted octanol–water partition coefficient (Wildman–Crippen LogP) is 0.477. The van der Waals surface area contributed by atoms with Crippen molar-refractivity contribution in [1.29, 1.82) is 0 Å². The maximum Gasteiger partial charge on any atom is 0.432 e. The highest BCUT2D eigenvalue weighted by atomic mass is 32.2. The van der Waals surface area contributed by atoms with Gasteiger partial charge in [-0.3, -0.25) is 9.59 Å². The molecule has 5 unspecified atom stereocenters. The van der Waals surface area contributed by atoms with E-state index in [4.69, 9.17) is 9.84 Å². The predicted molar refractivity (Wildman–Crippen MR) is 63.1 cm³/mol. The SMILES string of the molecule is O=C(O)C1C2CCC(O2)C1C(=O)OC(C(F)(F)F)C(F)(F)S(=O)(=O)[O-]. The van der Waals surface area contributed by atoms with Crippen molar-refractivity contribution in [3.05, 3.63) is 0 Å². The second kappa shape index (κ2) is 6.02. The lowest BCUT2D eigenvalue weighted by molar-refractivity contribution is -0.261. The molecule has 0 aromatic heterocycles. The van der Waals surface area contributed by atoms with Gasteiger partial charge in [-0.1, -0.05) is 0 Å². The van der Waals surface area contributed by atoms with Gasteiger partial charge in [-0.15, -0.1) is 0 Å². The fraction of sp³-hybridized carbons (Fsp3) is 0.818. The highest BCUT2D eigenvalue weighted by Gasteiger charge is 2.65. The fourth-order valence-electron chi connectivity index (χ4n) is 2.94. The van der Waals surface area contributed by atoms with Crippen LogP contribution < -0.4 is 0 Å². The number of carboxylic acids is 1. The van der Waals surface area contributed by atoms with Gasteiger partial charge in [0.25, 0.3) is 6.10 Å². The number of carboxylic acid groups (broad SMARTS) is 1. The molecule has 2 fully saturated rings. The van der Waals surface area contributed by atoms with Crippen LogP contribution in [-0.2, 0) is 29.2 Å². The average molecular weight is 397 g/mol. The number of hydrogen-bond acceptors (Lipinski definition) is 7. The van der Waals surface area contributed by atoms with E-state index in [-0.39, 0.29) is 12.8 Å². The molecule has 2 aliphatic rings. The van der Waals surface area contributed by atoms with Crippen molar-refractivity contribution in [2.45, 2.75) is 42.6 Å². The topological polar surface area (TPSA) is 130 Å². The number of halogens is 5. The van der Waals surface area contributed by atoms with Crippen LogP contribution in [0.4, 0.5) is 22.0 Å². The van der Waals surface area contributed by atoms with Crippen LogP contribution in [0.15, 0.2) is 0 Å². The number of esters is 1. The third-order valence-corrected chi connectivity index (χ3v) is 4.88. The molecule has 8 nitrogen and oxygen atoms in total. The first-order valence-electron chi connectivity index (χ1n) is 6.66. The molecule has 0 saturated carbocycles. The van der Waals surface area contributed by atoms with Gasteiger partial charge < -0.3 is 19.1 Å². The Kier molecular flexibility index (Phi) is 4.76. The molecule has 0 aromatic carbocycles. The van der Waals surface area contributed by atoms with Gasteiger partial charge in [0.05, 0.1) is 24.0 Å². The summed E-state index contributed by atoms with van der Waals surface area (Å²) in [4.78, 5) is 23.0. The van der Waals surface area contributed by atoms with E-state index in [0.29, 0.717) is 0 Å². The minimum Gasteiger partial charge on any atom is -0.743 e. The lowest BCUT2D eigenvalue weighted by atomic mass is 9.79. The Balaban J connectivity index is 2.31. The summed E-state index contributed by atoms with van der Waals surface area (Å²) in [6, 6.07) is 0. The number of aliphatic carboxylic acids is 1. The summed E-state index contributed by atoms with van der Waals surface area (Å²) in [6.07, 6.45) is -12.5. The summed E-state index contributed by atoms with van der Waals surface area (Å²) < 4.78 is 105. The van der Waals surface area contributed by atoms with E-state index in [0.717, 1.165) is 0 Å². The standard InChI is InChI=1S/C11H11F5O8S/c12-10(13,14)9(11(15,16)25(20,21)22)24-8(19)6-4-2-1-3(23-4)5(6)7(17)18/h3-6,9H,1-2H2,(H,17,18)(H,20,21,22)/p-1. The van der Waals surface area contributed by atoms with Crippen LogP contribution in [0, 0.1) is 11.8 Å². The van der Waals surface area contributed by atoms with Gasteiger partial charge >= 0.3 is 23.4 Å². The molecule has 2 heterocycles. The van der Waals surface area contributed by atoms with Crippen LogP contribution in [0.3, 0.4) is 0 Å². The van der Waals surface area contributed by atoms with E-state index in [9.17, 15) is 44.5 Å². The minimum absolute atomic E-state index is 0.0845. The van der Waals surface area contributed by atoms with Crippen LogP contribution in [0.2, 0.25) is 0 Å². The van der Waals surface area contributed by atoms with Crippen LogP contribution in [-0.4, -0.2) is 59.8 Å². The van der Waals surface area contributed by atoms with Gasteiger partial charge in [0.2, 0.25) is 0 Å². The minimum atomic E-state index is -6.82. The monoisotopic (exact) mass is 397 g/mol. The van der Waals surface area contributed by atoms with Crippen molar-refractivity contribution in [3.8, 4) is 0 Å². The molecule has 5 atom stereocenters. The number of carbonyl (C=O) groups is 2. The Morgan fingerprint density at radius 1 is 1.12 bits per heavy atom. The van der Waals surface area contributed by atoms with Crippen molar-refractivity contribution in [3.63, 3.8) is 0 Å². The van der Waals surface area contributed by atoms with E-state index < -0.39 is 63.6 Å². The summed E-state index contributed by atoms with van der Waals surface area (Å²) in [6.45, 7) is 0. The van der Waals surface area contributed by atoms with Gasteiger partial charge in [-0.2, -0.15) is 22.0 Å². The molecule has 2 rings (SSSR count). The second-order valence-corrected chi connectivity index (χ2v) is 7.01. The highest BCUT2D eigenvalue weighted by Crippen LogP contribution is 2.45. The Labute approximate surface area is 136 Å². The maximum atomic E-state index is 13.3. The number of alkyl halides is 5. The average Bonchev–Trinajstić information content (AvgIpc) is 3.01. The lowest BCUT2D eigenvalue weighted by Gasteiger charge is -2.31. The van der Waals surface area contributed by atoms with Gasteiger partial charge in [0.1, 0.15) is 0 Å². The zero-order valence-electron chi connectivity index (χ0n) is 11.9. The zero-order valence-corrected chi connectivity index (χ0v) is 12.7. The first-order valence-corrected chi connectivity index (χ1v) is 8.07. The molecule has 1 N–H and O–H groups in total. The molecule has 2 bridgehead atoms. The van der Waals surface area contributed by atoms with Crippen LogP contribution in [0.25, 0.3) is 0 Å². The van der Waals surface area contributed by atoms with E-state index in [1.165, 1.54) is 0 Å². The number of fused-ring (bicyclic) bond motifs is 2. The summed E-state index contributed by atoms with van der Waals surface area (Å²) in [7, 11) is -6.82. The molecule has 14 heteroatoms. The van der Waals surface area contributed by atoms with Crippen LogP contribution >= 0.6 is 0 Å². The quantitative estimate of drug-likeness (QED) is 0.403. The van der Waals surface area contributed by atoms with Crippen molar-refractivity contribution < 1.29 is 59.1 Å². The molecule has 0 amide bonds. The summed E-state index contributed by atoms with van der Waals surface area (Å²) in [5, 5.41) is 3.05. The molecule has 25 heavy (non-hydrogen) atoms. The van der Waals surface area contributed by atoms with E-state index in [1.54, 1.807) is 0 Å². The third-order valence-electron chi connectivity index (χ3n) is 4.00. The van der Waals surface area contributed by atoms with Gasteiger partial charge in [0.15, 0.2) is 10.1 Å². The van der Waals surface area contributed by atoms with Gasteiger partial charge in [-0.05, 0) is 12.8 Å². The van der Waals surface area contributed by atoms with E-state index in [2.05, 4.69) is 4.74 Å². The number of carbonyl (C=O) groups excluding carboxylic acids is 1. The largest absolute Gasteiger partial charge is 0.743 e. The molecular formula is C11H10F5O8S-. The summed E-state index contributed by atoms with van der Waals surface area (Å²) in [5.41, 5.74) is 0. The molecule has 2 aliphatic heterocycles. The van der Waals surface area contributed by atoms with Gasteiger partial charge in [-0.25, -0.2) is 8.42 Å². The summed E-state index contributed by atoms with van der Waals surface area (Å²) >= 11 is 0. The molecule has 0 radical (unpaired) electrons. The normalized spacial score (nSPS) is 31.0. The number of hydrogen-bond donors (Lipinski definition) is 1. The van der Waals surface area contributed by atoms with Crippen molar-refractivity contribution in [2.24, 2.45) is 11.8 Å². The maximum absolute atomic E-state index is 13.3. The van der Waals surface area contributed by atoms with Crippen LogP contribution in [0.5, 0.6) is 0 Å². The first-order chi connectivity index (χ1) is 11.2. The van der Waals surface area contributed by atoms with Crippen molar-refractivity contribution >= 4 is 22.1 Å². The Bertz CT molecular complexity index is 674. The second-order valence-electron chi connectivity index (χ2n) is 5.55. The number of ether oxygens (including phenoxy) is 2. The number of rotatable bonds is 5. The Morgan fingerprint density at radius 2 is 1.60 bits per heavy atom. The fourth-order valence-corrected chi connectivity index (χ4v) is 3.39. The highest BCUT2D eigenvalue weighted by molar-refractivity contribution is 7.86. The lowest BCUT2D eigenvalue weighted by Crippen LogP contribution is -2.53. The van der Waals surface area contributed by atoms with E-state index in [1.807, 2.05) is 0 Å². The first kappa shape index (κ1) is 19.8. The Morgan fingerprint density at radius 3 is 2.00 bits per heavy atom. The third kappa shape index (κ3) is 3.42. The Hall–Kier alpha value is -1.54. The molecule has 144 valence electrons. The van der Waals surface area contributed by atoms with E-state index >= 15 is 0 Å². The van der Waals surface area contributed by atoms with Crippen molar-refractivity contribution in [2.75, 3.05) is 0 Å². The molecule has 2 saturated heterocycles.